The van der Waals surface area contributed by atoms with Gasteiger partial charge in [0.15, 0.2) is 0 Å². The van der Waals surface area contributed by atoms with Gasteiger partial charge in [-0.3, -0.25) is 4.79 Å². The smallest absolute Gasteiger partial charge is 0.247 e. The third-order valence-corrected chi connectivity index (χ3v) is 5.30. The Morgan fingerprint density at radius 3 is 2.89 bits per heavy atom. The number of amides is 1. The van der Waals surface area contributed by atoms with Crippen molar-refractivity contribution in [2.75, 3.05) is 13.1 Å². The topological polar surface area (TPSA) is 77.1 Å². The van der Waals surface area contributed by atoms with Crippen LogP contribution in [0.15, 0.2) is 47.1 Å². The molecule has 1 saturated heterocycles. The molecule has 0 aliphatic carbocycles. The molecule has 0 spiro atoms. The normalized spacial score (nSPS) is 17.0. The number of aryl methyl sites for hydroxylation is 2. The van der Waals surface area contributed by atoms with Crippen LogP contribution in [0.5, 0.6) is 0 Å². The molecule has 0 N–H and O–H groups in total. The zero-order chi connectivity index (χ0) is 19.3. The van der Waals surface area contributed by atoms with Gasteiger partial charge < -0.3 is 13.9 Å². The number of carbonyl (C=O) groups is 1. The molecular formula is C21H25N5O2. The van der Waals surface area contributed by atoms with E-state index in [1.165, 1.54) is 0 Å². The average Bonchev–Trinajstić information content (AvgIpc) is 3.36. The van der Waals surface area contributed by atoms with Crippen LogP contribution in [0.4, 0.5) is 0 Å². The molecule has 3 aromatic rings. The summed E-state index contributed by atoms with van der Waals surface area (Å²) in [5.74, 6) is 2.71. The van der Waals surface area contributed by atoms with Crippen LogP contribution in [0.2, 0.25) is 0 Å². The molecule has 7 heteroatoms. The minimum Gasteiger partial charge on any atom is -0.421 e. The minimum absolute atomic E-state index is 0.156. The van der Waals surface area contributed by atoms with Gasteiger partial charge in [0.1, 0.15) is 5.82 Å². The number of hydrogen-bond acceptors (Lipinski definition) is 5. The van der Waals surface area contributed by atoms with E-state index in [2.05, 4.69) is 19.7 Å². The van der Waals surface area contributed by atoms with Gasteiger partial charge in [-0.15, -0.1) is 10.2 Å². The quantitative estimate of drug-likeness (QED) is 0.658. The highest BCUT2D eigenvalue weighted by Gasteiger charge is 2.25. The zero-order valence-electron chi connectivity index (χ0n) is 16.1. The largest absolute Gasteiger partial charge is 0.421 e. The lowest BCUT2D eigenvalue weighted by Crippen LogP contribution is -2.40. The van der Waals surface area contributed by atoms with Crippen LogP contribution in [0.25, 0.3) is 11.5 Å². The molecule has 1 aliphatic heterocycles. The Labute approximate surface area is 164 Å². The van der Waals surface area contributed by atoms with Crippen molar-refractivity contribution in [3.8, 4) is 11.5 Å². The van der Waals surface area contributed by atoms with Gasteiger partial charge in [0.2, 0.25) is 17.7 Å². The van der Waals surface area contributed by atoms with Crippen LogP contribution < -0.4 is 0 Å². The molecule has 146 valence electrons. The van der Waals surface area contributed by atoms with Crippen LogP contribution in [0, 0.1) is 5.92 Å². The maximum absolute atomic E-state index is 12.7. The van der Waals surface area contributed by atoms with Crippen molar-refractivity contribution in [3.05, 3.63) is 54.4 Å². The van der Waals surface area contributed by atoms with Gasteiger partial charge in [0.25, 0.3) is 0 Å². The van der Waals surface area contributed by atoms with E-state index < -0.39 is 0 Å². The number of imidazole rings is 1. The third-order valence-electron chi connectivity index (χ3n) is 5.30. The predicted octanol–water partition coefficient (Wildman–Crippen LogP) is 2.88. The number of likely N-dealkylation sites (tertiary alicyclic amines) is 1. The summed E-state index contributed by atoms with van der Waals surface area (Å²) in [5.41, 5.74) is 0.890. The predicted molar refractivity (Wildman–Crippen MR) is 104 cm³/mol. The number of aromatic nitrogens is 4. The van der Waals surface area contributed by atoms with E-state index in [0.29, 0.717) is 30.5 Å². The molecule has 7 nitrogen and oxygen atoms in total. The summed E-state index contributed by atoms with van der Waals surface area (Å²) in [6, 6.07) is 9.66. The van der Waals surface area contributed by atoms with Gasteiger partial charge in [-0.1, -0.05) is 18.2 Å². The summed E-state index contributed by atoms with van der Waals surface area (Å²) in [6.45, 7) is 1.62. The highest BCUT2D eigenvalue weighted by Crippen LogP contribution is 2.22. The standard InChI is InChI=1S/C21H25N5O2/c1-25-13-11-22-18(25)14-16-6-5-12-26(15-16)20(27)10-9-19-23-24-21(28-19)17-7-3-2-4-8-17/h2-4,7-8,11,13,16H,5-6,9-10,12,14-15H2,1H3. The van der Waals surface area contributed by atoms with Gasteiger partial charge >= 0.3 is 0 Å². The van der Waals surface area contributed by atoms with Crippen LogP contribution in [-0.4, -0.2) is 43.6 Å². The molecule has 0 radical (unpaired) electrons. The number of nitrogens with zero attached hydrogens (tertiary/aromatic N) is 5. The Morgan fingerprint density at radius 2 is 2.11 bits per heavy atom. The molecule has 1 amide bonds. The highest BCUT2D eigenvalue weighted by atomic mass is 16.4. The van der Waals surface area contributed by atoms with Gasteiger partial charge in [-0.25, -0.2) is 4.98 Å². The maximum Gasteiger partial charge on any atom is 0.247 e. The van der Waals surface area contributed by atoms with E-state index in [1.807, 2.05) is 54.7 Å². The first-order valence-electron chi connectivity index (χ1n) is 9.81. The van der Waals surface area contributed by atoms with Crippen molar-refractivity contribution in [3.63, 3.8) is 0 Å². The second-order valence-corrected chi connectivity index (χ2v) is 7.37. The Kier molecular flexibility index (Phi) is 5.50. The summed E-state index contributed by atoms with van der Waals surface area (Å²) in [4.78, 5) is 19.1. The van der Waals surface area contributed by atoms with Crippen molar-refractivity contribution < 1.29 is 9.21 Å². The van der Waals surface area contributed by atoms with E-state index in [4.69, 9.17) is 4.42 Å². The third kappa shape index (κ3) is 4.30. The lowest BCUT2D eigenvalue weighted by molar-refractivity contribution is -0.133. The van der Waals surface area contributed by atoms with E-state index in [0.717, 1.165) is 43.7 Å². The fourth-order valence-electron chi connectivity index (χ4n) is 3.73. The summed E-state index contributed by atoms with van der Waals surface area (Å²) >= 11 is 0. The highest BCUT2D eigenvalue weighted by molar-refractivity contribution is 5.76. The van der Waals surface area contributed by atoms with Gasteiger partial charge in [-0.2, -0.15) is 0 Å². The zero-order valence-corrected chi connectivity index (χ0v) is 16.1. The Bertz CT molecular complexity index is 918. The lowest BCUT2D eigenvalue weighted by Gasteiger charge is -2.32. The summed E-state index contributed by atoms with van der Waals surface area (Å²) in [7, 11) is 2.02. The van der Waals surface area contributed by atoms with Gasteiger partial charge in [0, 0.05) is 57.4 Å². The van der Waals surface area contributed by atoms with Crippen molar-refractivity contribution in [2.24, 2.45) is 13.0 Å². The molecule has 1 atom stereocenters. The average molecular weight is 379 g/mol. The molecule has 1 fully saturated rings. The second-order valence-electron chi connectivity index (χ2n) is 7.37. The number of benzene rings is 1. The van der Waals surface area contributed by atoms with E-state index in [-0.39, 0.29) is 5.91 Å². The molecule has 3 heterocycles. The SMILES string of the molecule is Cn1ccnc1CC1CCCN(C(=O)CCc2nnc(-c3ccccc3)o2)C1. The van der Waals surface area contributed by atoms with Crippen molar-refractivity contribution in [1.82, 2.24) is 24.6 Å². The summed E-state index contributed by atoms with van der Waals surface area (Å²) in [5, 5.41) is 8.17. The fourth-order valence-corrected chi connectivity index (χ4v) is 3.73. The van der Waals surface area contributed by atoms with E-state index in [9.17, 15) is 4.79 Å². The first-order valence-corrected chi connectivity index (χ1v) is 9.81. The van der Waals surface area contributed by atoms with Crippen molar-refractivity contribution in [1.29, 1.82) is 0 Å². The van der Waals surface area contributed by atoms with Crippen LogP contribution in [0.1, 0.15) is 31.0 Å². The first-order chi connectivity index (χ1) is 13.7. The maximum atomic E-state index is 12.7. The number of piperidine rings is 1. The molecule has 1 unspecified atom stereocenters. The Hall–Kier alpha value is -2.96. The summed E-state index contributed by atoms with van der Waals surface area (Å²) < 4.78 is 7.76. The first kappa shape index (κ1) is 18.4. The monoisotopic (exact) mass is 379 g/mol. The number of rotatable bonds is 6. The molecule has 1 aliphatic rings. The molecule has 0 bridgehead atoms. The molecular weight excluding hydrogens is 354 g/mol. The molecule has 4 rings (SSSR count). The molecule has 28 heavy (non-hydrogen) atoms. The number of hydrogen-bond donors (Lipinski definition) is 0. The Balaban J connectivity index is 1.30. The van der Waals surface area contributed by atoms with Crippen molar-refractivity contribution >= 4 is 5.91 Å². The minimum atomic E-state index is 0.156. The molecule has 1 aromatic carbocycles. The van der Waals surface area contributed by atoms with Gasteiger partial charge in [-0.05, 0) is 30.9 Å². The fraction of sp³-hybridized carbons (Fsp3) is 0.429. The van der Waals surface area contributed by atoms with Gasteiger partial charge in [0.05, 0.1) is 0 Å². The summed E-state index contributed by atoms with van der Waals surface area (Å²) in [6.07, 6.45) is 7.76. The van der Waals surface area contributed by atoms with Crippen molar-refractivity contribution in [2.45, 2.75) is 32.1 Å². The Morgan fingerprint density at radius 1 is 1.25 bits per heavy atom. The second kappa shape index (κ2) is 8.37. The lowest BCUT2D eigenvalue weighted by atomic mass is 9.94. The van der Waals surface area contributed by atoms with Crippen LogP contribution >= 0.6 is 0 Å². The molecule has 0 saturated carbocycles. The van der Waals surface area contributed by atoms with E-state index >= 15 is 0 Å². The molecule has 2 aromatic heterocycles. The van der Waals surface area contributed by atoms with E-state index in [1.54, 1.807) is 0 Å². The van der Waals surface area contributed by atoms with Crippen LogP contribution in [0.3, 0.4) is 0 Å². The van der Waals surface area contributed by atoms with Crippen LogP contribution in [-0.2, 0) is 24.7 Å². The number of carbonyl (C=O) groups excluding carboxylic acids is 1.